The molecule has 0 saturated carbocycles. The number of hydrogen-bond acceptors (Lipinski definition) is 3. The third kappa shape index (κ3) is 3.30. The zero-order chi connectivity index (χ0) is 15.4. The maximum atomic E-state index is 12.1. The van der Waals surface area contributed by atoms with Crippen LogP contribution in [0.2, 0.25) is 5.02 Å². The molecular formula is C17H12ClN3O. The van der Waals surface area contributed by atoms with Gasteiger partial charge in [-0.25, -0.2) is 9.67 Å². The van der Waals surface area contributed by atoms with Crippen LogP contribution in [0.4, 0.5) is 0 Å². The summed E-state index contributed by atoms with van der Waals surface area (Å²) in [5.41, 5.74) is 2.41. The number of carbonyl (C=O) groups excluding carboxylic acids is 1. The molecule has 0 amide bonds. The Morgan fingerprint density at radius 3 is 2.64 bits per heavy atom. The van der Waals surface area contributed by atoms with Crippen molar-refractivity contribution in [2.24, 2.45) is 0 Å². The van der Waals surface area contributed by atoms with E-state index in [2.05, 4.69) is 10.1 Å². The van der Waals surface area contributed by atoms with Gasteiger partial charge in [0.2, 0.25) is 0 Å². The fraction of sp³-hybridized carbons (Fsp3) is 0. The van der Waals surface area contributed by atoms with Crippen LogP contribution in [0, 0.1) is 0 Å². The summed E-state index contributed by atoms with van der Waals surface area (Å²) in [5.74, 6) is -0.0807. The van der Waals surface area contributed by atoms with Gasteiger partial charge in [0.05, 0.1) is 5.69 Å². The fourth-order valence-electron chi connectivity index (χ4n) is 1.99. The van der Waals surface area contributed by atoms with Gasteiger partial charge >= 0.3 is 0 Å². The van der Waals surface area contributed by atoms with Gasteiger partial charge in [-0.3, -0.25) is 4.79 Å². The smallest absolute Gasteiger partial charge is 0.185 e. The molecule has 3 rings (SSSR count). The fourth-order valence-corrected chi connectivity index (χ4v) is 2.18. The number of hydrogen-bond donors (Lipinski definition) is 0. The minimum atomic E-state index is -0.0807. The van der Waals surface area contributed by atoms with Crippen LogP contribution in [0.5, 0.6) is 0 Å². The van der Waals surface area contributed by atoms with Crippen LogP contribution < -0.4 is 0 Å². The standard InChI is InChI=1S/C17H12ClN3O/c18-15-3-1-2-14(10-15)17(22)9-6-13-4-7-16(8-5-13)21-12-19-11-20-21/h1-12H. The van der Waals surface area contributed by atoms with Crippen LogP contribution in [-0.2, 0) is 0 Å². The highest BCUT2D eigenvalue weighted by Gasteiger charge is 2.02. The van der Waals surface area contributed by atoms with E-state index in [1.165, 1.54) is 12.4 Å². The van der Waals surface area contributed by atoms with Gasteiger partial charge in [0, 0.05) is 10.6 Å². The molecule has 0 bridgehead atoms. The van der Waals surface area contributed by atoms with Crippen molar-refractivity contribution in [3.63, 3.8) is 0 Å². The molecule has 5 heteroatoms. The van der Waals surface area contributed by atoms with Crippen molar-refractivity contribution in [3.05, 3.63) is 83.4 Å². The molecule has 2 aromatic carbocycles. The van der Waals surface area contributed by atoms with Crippen LogP contribution in [0.3, 0.4) is 0 Å². The number of nitrogens with zero attached hydrogens (tertiary/aromatic N) is 3. The van der Waals surface area contributed by atoms with E-state index in [-0.39, 0.29) is 5.78 Å². The van der Waals surface area contributed by atoms with E-state index in [1.54, 1.807) is 41.4 Å². The Kier molecular flexibility index (Phi) is 4.12. The molecule has 0 saturated heterocycles. The second-order valence-corrected chi connectivity index (χ2v) is 5.08. The topological polar surface area (TPSA) is 47.8 Å². The lowest BCUT2D eigenvalue weighted by molar-refractivity contribution is 0.104. The SMILES string of the molecule is O=C(C=Cc1ccc(-n2cncn2)cc1)c1cccc(Cl)c1. The highest BCUT2D eigenvalue weighted by molar-refractivity contribution is 6.31. The normalized spacial score (nSPS) is 11.0. The predicted molar refractivity (Wildman–Crippen MR) is 86.2 cm³/mol. The van der Waals surface area contributed by atoms with Gasteiger partial charge in [-0.2, -0.15) is 5.10 Å². The number of aromatic nitrogens is 3. The summed E-state index contributed by atoms with van der Waals surface area (Å²) in [5, 5.41) is 4.61. The van der Waals surface area contributed by atoms with Crippen LogP contribution >= 0.6 is 11.6 Å². The summed E-state index contributed by atoms with van der Waals surface area (Å²) in [7, 11) is 0. The largest absolute Gasteiger partial charge is 0.289 e. The van der Waals surface area contributed by atoms with Gasteiger partial charge in [0.1, 0.15) is 12.7 Å². The van der Waals surface area contributed by atoms with E-state index >= 15 is 0 Å². The van der Waals surface area contributed by atoms with Crippen molar-refractivity contribution in [3.8, 4) is 5.69 Å². The molecule has 22 heavy (non-hydrogen) atoms. The highest BCUT2D eigenvalue weighted by Crippen LogP contribution is 2.13. The molecule has 3 aromatic rings. The van der Waals surface area contributed by atoms with Crippen molar-refractivity contribution >= 4 is 23.5 Å². The molecule has 0 spiro atoms. The number of carbonyl (C=O) groups is 1. The van der Waals surface area contributed by atoms with E-state index in [0.29, 0.717) is 10.6 Å². The second-order valence-electron chi connectivity index (χ2n) is 4.64. The zero-order valence-electron chi connectivity index (χ0n) is 11.6. The minimum absolute atomic E-state index is 0.0807. The van der Waals surface area contributed by atoms with E-state index in [0.717, 1.165) is 11.3 Å². The number of rotatable bonds is 4. The first-order chi connectivity index (χ1) is 10.7. The van der Waals surface area contributed by atoms with Gasteiger partial charge < -0.3 is 0 Å². The molecule has 4 nitrogen and oxygen atoms in total. The molecule has 0 aliphatic carbocycles. The quantitative estimate of drug-likeness (QED) is 0.544. The number of benzene rings is 2. The van der Waals surface area contributed by atoms with Gasteiger partial charge in [-0.15, -0.1) is 0 Å². The Morgan fingerprint density at radius 1 is 1.14 bits per heavy atom. The van der Waals surface area contributed by atoms with Gasteiger partial charge in [0.15, 0.2) is 5.78 Å². The Hall–Kier alpha value is -2.72. The summed E-state index contributed by atoms with van der Waals surface area (Å²) >= 11 is 5.88. The Morgan fingerprint density at radius 2 is 1.95 bits per heavy atom. The molecule has 0 aliphatic rings. The van der Waals surface area contributed by atoms with Crippen molar-refractivity contribution in [2.75, 3.05) is 0 Å². The second kappa shape index (κ2) is 6.37. The van der Waals surface area contributed by atoms with E-state index in [1.807, 2.05) is 24.3 Å². The first-order valence-corrected chi connectivity index (χ1v) is 7.03. The lowest BCUT2D eigenvalue weighted by atomic mass is 10.1. The van der Waals surface area contributed by atoms with E-state index < -0.39 is 0 Å². The van der Waals surface area contributed by atoms with Crippen molar-refractivity contribution < 1.29 is 4.79 Å². The summed E-state index contributed by atoms with van der Waals surface area (Å²) < 4.78 is 1.67. The lowest BCUT2D eigenvalue weighted by Crippen LogP contribution is -1.94. The Labute approximate surface area is 132 Å². The van der Waals surface area contributed by atoms with Crippen molar-refractivity contribution in [2.45, 2.75) is 0 Å². The van der Waals surface area contributed by atoms with Gasteiger partial charge in [-0.1, -0.05) is 41.9 Å². The molecule has 0 radical (unpaired) electrons. The summed E-state index contributed by atoms with van der Waals surface area (Å²) in [4.78, 5) is 16.0. The molecule has 0 fully saturated rings. The van der Waals surface area contributed by atoms with Crippen LogP contribution in [-0.4, -0.2) is 20.5 Å². The van der Waals surface area contributed by atoms with Crippen molar-refractivity contribution in [1.82, 2.24) is 14.8 Å². The molecular weight excluding hydrogens is 298 g/mol. The summed E-state index contributed by atoms with van der Waals surface area (Å²) in [6.45, 7) is 0. The van der Waals surface area contributed by atoms with Crippen LogP contribution in [0.1, 0.15) is 15.9 Å². The molecule has 1 aromatic heterocycles. The number of allylic oxidation sites excluding steroid dienone is 1. The molecule has 0 atom stereocenters. The minimum Gasteiger partial charge on any atom is -0.289 e. The molecule has 0 unspecified atom stereocenters. The third-order valence-corrected chi connectivity index (χ3v) is 3.35. The molecule has 108 valence electrons. The first-order valence-electron chi connectivity index (χ1n) is 6.65. The monoisotopic (exact) mass is 309 g/mol. The zero-order valence-corrected chi connectivity index (χ0v) is 12.3. The first kappa shape index (κ1) is 14.2. The van der Waals surface area contributed by atoms with E-state index in [9.17, 15) is 4.79 Å². The number of halogens is 1. The Bertz CT molecular complexity index is 808. The van der Waals surface area contributed by atoms with Gasteiger partial charge in [-0.05, 0) is 35.9 Å². The average Bonchev–Trinajstić information content (AvgIpc) is 3.07. The predicted octanol–water partition coefficient (Wildman–Crippen LogP) is 3.82. The van der Waals surface area contributed by atoms with Gasteiger partial charge in [0.25, 0.3) is 0 Å². The molecule has 1 heterocycles. The third-order valence-electron chi connectivity index (χ3n) is 3.11. The van der Waals surface area contributed by atoms with E-state index in [4.69, 9.17) is 11.6 Å². The average molecular weight is 310 g/mol. The van der Waals surface area contributed by atoms with Crippen LogP contribution in [0.15, 0.2) is 67.3 Å². The summed E-state index contributed by atoms with van der Waals surface area (Å²) in [6.07, 6.45) is 6.43. The summed E-state index contributed by atoms with van der Waals surface area (Å²) in [6, 6.07) is 14.6. The number of ketones is 1. The maximum absolute atomic E-state index is 12.1. The maximum Gasteiger partial charge on any atom is 0.185 e. The lowest BCUT2D eigenvalue weighted by Gasteiger charge is -2.00. The Balaban J connectivity index is 1.74. The van der Waals surface area contributed by atoms with Crippen molar-refractivity contribution in [1.29, 1.82) is 0 Å². The van der Waals surface area contributed by atoms with Crippen LogP contribution in [0.25, 0.3) is 11.8 Å². The highest BCUT2D eigenvalue weighted by atomic mass is 35.5. The molecule has 0 aliphatic heterocycles. The molecule has 0 N–H and O–H groups in total.